The molecule has 2 rings (SSSR count). The molecule has 4 heteroatoms. The molecule has 2 fully saturated rings. The summed E-state index contributed by atoms with van der Waals surface area (Å²) < 4.78 is 22.7. The fourth-order valence-corrected chi connectivity index (χ4v) is 5.00. The van der Waals surface area contributed by atoms with Crippen molar-refractivity contribution in [2.24, 2.45) is 11.8 Å². The van der Waals surface area contributed by atoms with E-state index in [0.717, 1.165) is 18.9 Å². The second kappa shape index (κ2) is 5.70. The van der Waals surface area contributed by atoms with Crippen LogP contribution in [-0.4, -0.2) is 32.5 Å². The Bertz CT molecular complexity index is 331. The molecule has 1 unspecified atom stereocenters. The van der Waals surface area contributed by atoms with Gasteiger partial charge in [0, 0.05) is 6.04 Å². The topological polar surface area (TPSA) is 46.2 Å². The molecule has 0 amide bonds. The van der Waals surface area contributed by atoms with Gasteiger partial charge in [0.2, 0.25) is 0 Å². The Morgan fingerprint density at radius 1 is 1.06 bits per heavy atom. The van der Waals surface area contributed by atoms with Crippen LogP contribution in [0.1, 0.15) is 45.4 Å². The predicted molar refractivity (Wildman–Crippen MR) is 70.8 cm³/mol. The maximum Gasteiger partial charge on any atom is 0.150 e. The number of hydrogen-bond donors (Lipinski definition) is 1. The Hall–Kier alpha value is -0.0900. The first kappa shape index (κ1) is 13.3. The van der Waals surface area contributed by atoms with Gasteiger partial charge in [0.1, 0.15) is 0 Å². The van der Waals surface area contributed by atoms with E-state index in [1.165, 1.54) is 32.1 Å². The Morgan fingerprint density at radius 2 is 1.76 bits per heavy atom. The zero-order chi connectivity index (χ0) is 12.3. The molecule has 0 spiro atoms. The van der Waals surface area contributed by atoms with Gasteiger partial charge in [0.25, 0.3) is 0 Å². The van der Waals surface area contributed by atoms with Crippen molar-refractivity contribution in [3.05, 3.63) is 0 Å². The molecule has 17 heavy (non-hydrogen) atoms. The van der Waals surface area contributed by atoms with Crippen molar-refractivity contribution in [1.29, 1.82) is 0 Å². The number of hydrogen-bond acceptors (Lipinski definition) is 3. The van der Waals surface area contributed by atoms with E-state index in [9.17, 15) is 8.42 Å². The summed E-state index contributed by atoms with van der Waals surface area (Å²) in [6.45, 7) is 3.18. The number of rotatable bonds is 4. The number of sulfone groups is 1. The van der Waals surface area contributed by atoms with Crippen LogP contribution >= 0.6 is 0 Å². The predicted octanol–water partition coefficient (Wildman–Crippen LogP) is 1.98. The van der Waals surface area contributed by atoms with E-state index < -0.39 is 9.84 Å². The molecule has 0 aromatic heterocycles. The van der Waals surface area contributed by atoms with E-state index in [-0.39, 0.29) is 0 Å². The lowest BCUT2D eigenvalue weighted by Crippen LogP contribution is -2.36. The summed E-state index contributed by atoms with van der Waals surface area (Å²) in [6.07, 6.45) is 7.41. The minimum atomic E-state index is -2.70. The minimum absolute atomic E-state index is 0.365. The summed E-state index contributed by atoms with van der Waals surface area (Å²) in [6, 6.07) is 0.640. The van der Waals surface area contributed by atoms with Gasteiger partial charge in [-0.3, -0.25) is 0 Å². The molecular weight excluding hydrogens is 234 g/mol. The highest BCUT2D eigenvalue weighted by Crippen LogP contribution is 2.27. The van der Waals surface area contributed by atoms with Crippen LogP contribution in [-0.2, 0) is 9.84 Å². The second-order valence-corrected chi connectivity index (χ2v) is 8.03. The van der Waals surface area contributed by atoms with Gasteiger partial charge in [-0.25, -0.2) is 8.42 Å². The van der Waals surface area contributed by atoms with Crippen LogP contribution in [0.5, 0.6) is 0 Å². The minimum Gasteiger partial charge on any atom is -0.314 e. The quantitative estimate of drug-likeness (QED) is 0.839. The summed E-state index contributed by atoms with van der Waals surface area (Å²) in [5, 5.41) is 3.58. The molecule has 0 bridgehead atoms. The van der Waals surface area contributed by atoms with Gasteiger partial charge in [0.05, 0.1) is 11.5 Å². The van der Waals surface area contributed by atoms with Crippen molar-refractivity contribution in [1.82, 2.24) is 5.32 Å². The maximum absolute atomic E-state index is 11.3. The third-order valence-electron chi connectivity index (χ3n) is 4.45. The second-order valence-electron chi connectivity index (χ2n) is 5.80. The van der Waals surface area contributed by atoms with E-state index in [1.807, 2.05) is 0 Å². The average molecular weight is 259 g/mol. The molecule has 0 aromatic carbocycles. The van der Waals surface area contributed by atoms with E-state index in [2.05, 4.69) is 12.2 Å². The first-order chi connectivity index (χ1) is 8.09. The molecule has 1 aliphatic carbocycles. The van der Waals surface area contributed by atoms with Crippen LogP contribution in [0.15, 0.2) is 0 Å². The van der Waals surface area contributed by atoms with E-state index in [4.69, 9.17) is 0 Å². The Labute approximate surface area is 105 Å². The van der Waals surface area contributed by atoms with Gasteiger partial charge < -0.3 is 5.32 Å². The fraction of sp³-hybridized carbons (Fsp3) is 1.00. The lowest BCUT2D eigenvalue weighted by atomic mass is 9.84. The first-order valence-corrected chi connectivity index (χ1v) is 8.85. The van der Waals surface area contributed by atoms with Crippen molar-refractivity contribution in [3.63, 3.8) is 0 Å². The normalized spacial score (nSPS) is 37.1. The molecule has 0 radical (unpaired) electrons. The van der Waals surface area contributed by atoms with Crippen molar-refractivity contribution >= 4 is 9.84 Å². The Balaban J connectivity index is 1.66. The van der Waals surface area contributed by atoms with Gasteiger partial charge in [-0.15, -0.1) is 0 Å². The molecule has 1 saturated carbocycles. The van der Waals surface area contributed by atoms with Gasteiger partial charge in [-0.1, -0.05) is 13.3 Å². The monoisotopic (exact) mass is 259 g/mol. The molecule has 100 valence electrons. The van der Waals surface area contributed by atoms with Crippen molar-refractivity contribution < 1.29 is 8.42 Å². The summed E-state index contributed by atoms with van der Waals surface area (Å²) in [4.78, 5) is 0. The first-order valence-electron chi connectivity index (χ1n) is 7.03. The van der Waals surface area contributed by atoms with Crippen molar-refractivity contribution in [2.75, 3.05) is 18.1 Å². The molecule has 0 aromatic rings. The Morgan fingerprint density at radius 3 is 2.29 bits per heavy atom. The molecular formula is C13H25NO2S. The van der Waals surface area contributed by atoms with Gasteiger partial charge in [-0.2, -0.15) is 0 Å². The molecule has 1 N–H and O–H groups in total. The van der Waals surface area contributed by atoms with Crippen LogP contribution in [0.25, 0.3) is 0 Å². The third-order valence-corrected chi connectivity index (χ3v) is 6.28. The molecule has 1 heterocycles. The maximum atomic E-state index is 11.3. The third kappa shape index (κ3) is 3.95. The smallest absolute Gasteiger partial charge is 0.150 e. The summed E-state index contributed by atoms with van der Waals surface area (Å²) in [7, 11) is -2.70. The van der Waals surface area contributed by atoms with Crippen LogP contribution < -0.4 is 5.32 Å². The van der Waals surface area contributed by atoms with Crippen molar-refractivity contribution in [2.45, 2.75) is 51.5 Å². The molecule has 1 atom stereocenters. The van der Waals surface area contributed by atoms with Crippen LogP contribution in [0.4, 0.5) is 0 Å². The molecule has 1 saturated heterocycles. The van der Waals surface area contributed by atoms with Crippen LogP contribution in [0.3, 0.4) is 0 Å². The van der Waals surface area contributed by atoms with E-state index in [1.54, 1.807) is 0 Å². The lowest BCUT2D eigenvalue weighted by Gasteiger charge is -2.29. The van der Waals surface area contributed by atoms with Gasteiger partial charge in [-0.05, 0) is 50.5 Å². The van der Waals surface area contributed by atoms with Crippen molar-refractivity contribution in [3.8, 4) is 0 Å². The Kier molecular flexibility index (Phi) is 4.47. The number of nitrogens with one attached hydrogen (secondary N) is 1. The average Bonchev–Trinajstić information content (AvgIpc) is 2.67. The molecule has 2 aliphatic rings. The largest absolute Gasteiger partial charge is 0.314 e. The zero-order valence-electron chi connectivity index (χ0n) is 10.8. The van der Waals surface area contributed by atoms with Crippen LogP contribution in [0, 0.1) is 11.8 Å². The summed E-state index contributed by atoms with van der Waals surface area (Å²) >= 11 is 0. The lowest BCUT2D eigenvalue weighted by molar-refractivity contribution is 0.279. The zero-order valence-corrected chi connectivity index (χ0v) is 11.6. The van der Waals surface area contributed by atoms with E-state index >= 15 is 0 Å². The molecule has 1 aliphatic heterocycles. The summed E-state index contributed by atoms with van der Waals surface area (Å²) in [5.41, 5.74) is 0. The summed E-state index contributed by atoms with van der Waals surface area (Å²) in [5.74, 6) is 2.11. The highest BCUT2D eigenvalue weighted by Gasteiger charge is 2.28. The van der Waals surface area contributed by atoms with Crippen LogP contribution in [0.2, 0.25) is 0 Å². The van der Waals surface area contributed by atoms with Gasteiger partial charge in [0.15, 0.2) is 9.84 Å². The highest BCUT2D eigenvalue weighted by atomic mass is 32.2. The highest BCUT2D eigenvalue weighted by molar-refractivity contribution is 7.91. The van der Waals surface area contributed by atoms with E-state index in [0.29, 0.717) is 23.5 Å². The standard InChI is InChI=1S/C13H25NO2S/c1-2-11-3-5-13(6-4-11)14-9-12-7-8-17(15,16)10-12/h11-14H,2-10H2,1H3. The fourth-order valence-electron chi connectivity index (χ4n) is 3.14. The SMILES string of the molecule is CCC1CCC(NCC2CCS(=O)(=O)C2)CC1. The van der Waals surface area contributed by atoms with Gasteiger partial charge >= 0.3 is 0 Å². The molecule has 3 nitrogen and oxygen atoms in total.